The Labute approximate surface area is 249 Å². The normalized spacial score (nSPS) is 11.3. The molecular formula is C41H26N2. The highest BCUT2D eigenvalue weighted by Crippen LogP contribution is 2.43. The summed E-state index contributed by atoms with van der Waals surface area (Å²) in [6.07, 6.45) is 0. The van der Waals surface area contributed by atoms with Crippen LogP contribution < -0.4 is 0 Å². The van der Waals surface area contributed by atoms with Crippen molar-refractivity contribution in [3.05, 3.63) is 174 Å². The molecule has 2 nitrogen and oxygen atoms in total. The molecule has 0 heterocycles. The van der Waals surface area contributed by atoms with E-state index in [0.717, 1.165) is 65.3 Å². The van der Waals surface area contributed by atoms with Gasteiger partial charge in [-0.1, -0.05) is 158 Å². The third-order valence-electron chi connectivity index (χ3n) is 8.56. The van der Waals surface area contributed by atoms with Crippen molar-refractivity contribution < 1.29 is 4.79 Å². The van der Waals surface area contributed by atoms with Gasteiger partial charge in [0.05, 0.1) is 11.1 Å². The van der Waals surface area contributed by atoms with Gasteiger partial charge in [-0.25, -0.2) is 0 Å². The summed E-state index contributed by atoms with van der Waals surface area (Å²) in [6.45, 7) is 0. The van der Waals surface area contributed by atoms with E-state index in [2.05, 4.69) is 150 Å². The van der Waals surface area contributed by atoms with Crippen LogP contribution in [0.15, 0.2) is 158 Å². The molecule has 43 heavy (non-hydrogen) atoms. The van der Waals surface area contributed by atoms with Crippen LogP contribution in [0.25, 0.3) is 70.9 Å². The fourth-order valence-electron chi connectivity index (χ4n) is 6.82. The Hall–Kier alpha value is -5.82. The standard InChI is InChI=1S/C41H26N2/c42-43-41(39-33-23-11-7-19-29(33)37(27-15-3-1-4-16-27)30-20-8-12-24-34(30)39)40-35-25-13-9-21-31(35)38(28-17-5-2-6-18-28)32-22-10-14-26-36(32)40/h1-26H. The number of rotatable bonds is 4. The topological polar surface area (TPSA) is 36.4 Å². The summed E-state index contributed by atoms with van der Waals surface area (Å²) in [5.74, 6) is 0. The SMILES string of the molecule is [N-]=[N+]=C(c1c2ccccc2c(-c2ccccc2)c2ccccc12)c1c2ccccc2c(-c2ccccc2)c2ccccc12. The van der Waals surface area contributed by atoms with Crippen molar-refractivity contribution in [1.29, 1.82) is 0 Å². The molecule has 0 aliphatic rings. The summed E-state index contributed by atoms with van der Waals surface area (Å²) >= 11 is 0. The molecule has 0 amide bonds. The highest BCUT2D eigenvalue weighted by molar-refractivity contribution is 6.35. The average molecular weight is 547 g/mol. The van der Waals surface area contributed by atoms with Gasteiger partial charge in [0.15, 0.2) is 0 Å². The fourth-order valence-corrected chi connectivity index (χ4v) is 6.82. The molecule has 0 bridgehead atoms. The van der Waals surface area contributed by atoms with Crippen molar-refractivity contribution in [2.45, 2.75) is 0 Å². The molecule has 200 valence electrons. The van der Waals surface area contributed by atoms with Gasteiger partial charge in [-0.2, -0.15) is 4.79 Å². The third-order valence-corrected chi connectivity index (χ3v) is 8.56. The van der Waals surface area contributed by atoms with Crippen LogP contribution in [0.1, 0.15) is 11.1 Å². The lowest BCUT2D eigenvalue weighted by molar-refractivity contribution is -0.00233. The zero-order valence-corrected chi connectivity index (χ0v) is 23.4. The van der Waals surface area contributed by atoms with E-state index in [0.29, 0.717) is 5.71 Å². The van der Waals surface area contributed by atoms with Crippen LogP contribution in [0.5, 0.6) is 0 Å². The van der Waals surface area contributed by atoms with Gasteiger partial charge in [-0.15, -0.1) is 0 Å². The average Bonchev–Trinajstić information content (AvgIpc) is 3.08. The first-order valence-corrected chi connectivity index (χ1v) is 14.6. The highest BCUT2D eigenvalue weighted by atomic mass is 14.9. The molecule has 0 atom stereocenters. The number of hydrogen-bond acceptors (Lipinski definition) is 0. The van der Waals surface area contributed by atoms with Gasteiger partial charge in [0, 0.05) is 0 Å². The number of nitrogens with zero attached hydrogens (tertiary/aromatic N) is 2. The molecule has 0 saturated heterocycles. The Morgan fingerprint density at radius 1 is 0.326 bits per heavy atom. The second-order valence-electron chi connectivity index (χ2n) is 10.9. The number of fused-ring (bicyclic) bond motifs is 4. The highest BCUT2D eigenvalue weighted by Gasteiger charge is 2.29. The predicted molar refractivity (Wildman–Crippen MR) is 181 cm³/mol. The molecule has 0 unspecified atom stereocenters. The lowest BCUT2D eigenvalue weighted by Crippen LogP contribution is -2.09. The maximum atomic E-state index is 11.0. The maximum Gasteiger partial charge on any atom is 0.332 e. The first kappa shape index (κ1) is 24.9. The van der Waals surface area contributed by atoms with Gasteiger partial charge >= 0.3 is 5.71 Å². The monoisotopic (exact) mass is 546 g/mol. The Bertz CT molecular complexity index is 2100. The van der Waals surface area contributed by atoms with E-state index in [1.165, 1.54) is 11.1 Å². The second kappa shape index (κ2) is 10.2. The molecule has 0 aliphatic heterocycles. The predicted octanol–water partition coefficient (Wildman–Crippen LogP) is 10.7. The molecule has 8 aromatic carbocycles. The van der Waals surface area contributed by atoms with Crippen LogP contribution >= 0.6 is 0 Å². The minimum Gasteiger partial charge on any atom is -0.361 e. The smallest absolute Gasteiger partial charge is 0.332 e. The molecule has 2 heteroatoms. The molecule has 0 aromatic heterocycles. The quantitative estimate of drug-likeness (QED) is 0.0911. The van der Waals surface area contributed by atoms with Gasteiger partial charge in [0.2, 0.25) is 0 Å². The number of benzene rings is 8. The lowest BCUT2D eigenvalue weighted by Gasteiger charge is -2.18. The molecule has 8 rings (SSSR count). The van der Waals surface area contributed by atoms with E-state index in [4.69, 9.17) is 0 Å². The largest absolute Gasteiger partial charge is 0.361 e. The summed E-state index contributed by atoms with van der Waals surface area (Å²) in [5, 5.41) is 8.69. The first-order valence-electron chi connectivity index (χ1n) is 14.6. The Morgan fingerprint density at radius 3 is 0.860 bits per heavy atom. The van der Waals surface area contributed by atoms with E-state index in [-0.39, 0.29) is 0 Å². The maximum absolute atomic E-state index is 11.0. The lowest BCUT2D eigenvalue weighted by atomic mass is 9.82. The van der Waals surface area contributed by atoms with Gasteiger partial charge in [0.25, 0.3) is 0 Å². The van der Waals surface area contributed by atoms with Crippen LogP contribution in [0.2, 0.25) is 0 Å². The van der Waals surface area contributed by atoms with E-state index < -0.39 is 0 Å². The van der Waals surface area contributed by atoms with Crippen LogP contribution in [-0.4, -0.2) is 10.5 Å². The van der Waals surface area contributed by atoms with Crippen LogP contribution in [-0.2, 0) is 0 Å². The summed E-state index contributed by atoms with van der Waals surface area (Å²) in [4.78, 5) is 4.15. The van der Waals surface area contributed by atoms with Crippen LogP contribution in [0.3, 0.4) is 0 Å². The second-order valence-corrected chi connectivity index (χ2v) is 10.9. The van der Waals surface area contributed by atoms with Crippen molar-refractivity contribution in [1.82, 2.24) is 0 Å². The van der Waals surface area contributed by atoms with Crippen molar-refractivity contribution in [2.75, 3.05) is 0 Å². The molecule has 0 fully saturated rings. The summed E-state index contributed by atoms with van der Waals surface area (Å²) in [5.41, 5.74) is 18.1. The van der Waals surface area contributed by atoms with Crippen molar-refractivity contribution in [3.63, 3.8) is 0 Å². The van der Waals surface area contributed by atoms with Crippen LogP contribution in [0, 0.1) is 0 Å². The third kappa shape index (κ3) is 3.89. The van der Waals surface area contributed by atoms with Crippen molar-refractivity contribution in [3.8, 4) is 22.3 Å². The Morgan fingerprint density at radius 2 is 0.581 bits per heavy atom. The minimum absolute atomic E-state index is 0.569. The fraction of sp³-hybridized carbons (Fsp3) is 0. The van der Waals surface area contributed by atoms with Gasteiger partial charge in [-0.05, 0) is 65.3 Å². The molecule has 0 radical (unpaired) electrons. The first-order chi connectivity index (χ1) is 21.3. The summed E-state index contributed by atoms with van der Waals surface area (Å²) in [7, 11) is 0. The summed E-state index contributed by atoms with van der Waals surface area (Å²) < 4.78 is 0. The molecular weight excluding hydrogens is 520 g/mol. The zero-order valence-electron chi connectivity index (χ0n) is 23.4. The molecule has 0 spiro atoms. The van der Waals surface area contributed by atoms with Crippen molar-refractivity contribution >= 4 is 48.8 Å². The Balaban J connectivity index is 1.55. The van der Waals surface area contributed by atoms with E-state index in [1.54, 1.807) is 0 Å². The molecule has 0 saturated carbocycles. The van der Waals surface area contributed by atoms with E-state index >= 15 is 0 Å². The van der Waals surface area contributed by atoms with E-state index in [1.807, 2.05) is 12.1 Å². The van der Waals surface area contributed by atoms with Gasteiger partial charge in [-0.3, -0.25) is 0 Å². The van der Waals surface area contributed by atoms with E-state index in [9.17, 15) is 5.53 Å². The van der Waals surface area contributed by atoms with Gasteiger partial charge < -0.3 is 5.53 Å². The summed E-state index contributed by atoms with van der Waals surface area (Å²) in [6, 6.07) is 55.0. The van der Waals surface area contributed by atoms with Crippen LogP contribution in [0.4, 0.5) is 0 Å². The van der Waals surface area contributed by atoms with Gasteiger partial charge in [0.1, 0.15) is 0 Å². The molecule has 0 N–H and O–H groups in total. The molecule has 8 aromatic rings. The zero-order chi connectivity index (χ0) is 28.8. The number of hydrogen-bond donors (Lipinski definition) is 0. The minimum atomic E-state index is 0.569. The Kier molecular flexibility index (Phi) is 5.93. The molecule has 0 aliphatic carbocycles. The van der Waals surface area contributed by atoms with Crippen molar-refractivity contribution in [2.24, 2.45) is 0 Å².